The molecule has 1 saturated heterocycles. The van der Waals surface area contributed by atoms with Crippen molar-refractivity contribution in [3.8, 4) is 11.1 Å². The number of ether oxygens (including phenoxy) is 1. The van der Waals surface area contributed by atoms with E-state index in [9.17, 15) is 9.59 Å². The molecule has 0 spiro atoms. The summed E-state index contributed by atoms with van der Waals surface area (Å²) in [6.07, 6.45) is 0.866. The van der Waals surface area contributed by atoms with Gasteiger partial charge in [-0.1, -0.05) is 66.7 Å². The number of hydrogen-bond acceptors (Lipinski definition) is 4. The zero-order chi connectivity index (χ0) is 24.7. The van der Waals surface area contributed by atoms with Gasteiger partial charge >= 0.3 is 0 Å². The topological polar surface area (TPSA) is 76.5 Å². The summed E-state index contributed by atoms with van der Waals surface area (Å²) in [4.78, 5) is 32.1. The third kappa shape index (κ3) is 5.63. The Hall–Kier alpha value is -3.97. The lowest BCUT2D eigenvalue weighted by Gasteiger charge is -2.27. The van der Waals surface area contributed by atoms with Gasteiger partial charge in [0.2, 0.25) is 11.8 Å². The van der Waals surface area contributed by atoms with Crippen LogP contribution in [-0.4, -0.2) is 59.1 Å². The summed E-state index contributed by atoms with van der Waals surface area (Å²) < 4.78 is 7.34. The molecule has 1 aliphatic rings. The Morgan fingerprint density at radius 3 is 2.33 bits per heavy atom. The van der Waals surface area contributed by atoms with E-state index in [2.05, 4.69) is 17.4 Å². The maximum Gasteiger partial charge on any atom is 0.242 e. The monoisotopic (exact) mass is 482 g/mol. The number of fused-ring (bicyclic) bond motifs is 1. The molecule has 0 saturated carbocycles. The SMILES string of the molecule is O=C(Cc1ccc(-c2ccccc2)cc1)NCCc1nc2ccccc2n1CC(=O)N1CCOCC1. The fraction of sp³-hybridized carbons (Fsp3) is 0.276. The minimum atomic E-state index is -0.0329. The molecule has 1 fully saturated rings. The molecule has 2 heterocycles. The first-order valence-electron chi connectivity index (χ1n) is 12.4. The lowest BCUT2D eigenvalue weighted by atomic mass is 10.0. The van der Waals surface area contributed by atoms with Crippen molar-refractivity contribution >= 4 is 22.8 Å². The largest absolute Gasteiger partial charge is 0.378 e. The van der Waals surface area contributed by atoms with Gasteiger partial charge in [0.05, 0.1) is 30.7 Å². The van der Waals surface area contributed by atoms with Crippen molar-refractivity contribution in [2.75, 3.05) is 32.8 Å². The number of rotatable bonds is 8. The van der Waals surface area contributed by atoms with E-state index < -0.39 is 0 Å². The van der Waals surface area contributed by atoms with Crippen molar-refractivity contribution in [3.63, 3.8) is 0 Å². The smallest absolute Gasteiger partial charge is 0.242 e. The van der Waals surface area contributed by atoms with Gasteiger partial charge in [0, 0.05) is 26.1 Å². The quantitative estimate of drug-likeness (QED) is 0.417. The highest BCUT2D eigenvalue weighted by molar-refractivity contribution is 5.81. The van der Waals surface area contributed by atoms with Gasteiger partial charge in [-0.25, -0.2) is 4.98 Å². The summed E-state index contributed by atoms with van der Waals surface area (Å²) in [7, 11) is 0. The molecule has 7 heteroatoms. The molecule has 0 aliphatic carbocycles. The van der Waals surface area contributed by atoms with Crippen LogP contribution in [0.15, 0.2) is 78.9 Å². The van der Waals surface area contributed by atoms with E-state index in [1.807, 2.05) is 76.2 Å². The normalized spacial score (nSPS) is 13.6. The summed E-state index contributed by atoms with van der Waals surface area (Å²) in [5.74, 6) is 0.825. The number of nitrogens with zero attached hydrogens (tertiary/aromatic N) is 3. The highest BCUT2D eigenvalue weighted by Gasteiger charge is 2.20. The zero-order valence-electron chi connectivity index (χ0n) is 20.2. The number of para-hydroxylation sites is 2. The van der Waals surface area contributed by atoms with E-state index in [-0.39, 0.29) is 18.4 Å². The first-order valence-corrected chi connectivity index (χ1v) is 12.4. The highest BCUT2D eigenvalue weighted by Crippen LogP contribution is 2.20. The van der Waals surface area contributed by atoms with Crippen LogP contribution in [-0.2, 0) is 33.7 Å². The third-order valence-corrected chi connectivity index (χ3v) is 6.49. The van der Waals surface area contributed by atoms with Gasteiger partial charge in [0.15, 0.2) is 0 Å². The maximum absolute atomic E-state index is 12.9. The Labute approximate surface area is 210 Å². The van der Waals surface area contributed by atoms with Gasteiger partial charge in [-0.15, -0.1) is 0 Å². The lowest BCUT2D eigenvalue weighted by molar-refractivity contribution is -0.135. The molecule has 1 aliphatic heterocycles. The molecular weight excluding hydrogens is 452 g/mol. The van der Waals surface area contributed by atoms with Crippen molar-refractivity contribution < 1.29 is 14.3 Å². The van der Waals surface area contributed by atoms with Crippen LogP contribution in [0.3, 0.4) is 0 Å². The zero-order valence-corrected chi connectivity index (χ0v) is 20.2. The molecule has 184 valence electrons. The van der Waals surface area contributed by atoms with Gasteiger partial charge in [-0.3, -0.25) is 9.59 Å². The number of carbonyl (C=O) groups is 2. The summed E-state index contributed by atoms with van der Waals surface area (Å²) in [5.41, 5.74) is 5.04. The Morgan fingerprint density at radius 1 is 0.861 bits per heavy atom. The average Bonchev–Trinajstić information content (AvgIpc) is 3.27. The molecular formula is C29H30N4O3. The molecule has 0 atom stereocenters. The van der Waals surface area contributed by atoms with Crippen LogP contribution in [0.4, 0.5) is 0 Å². The minimum Gasteiger partial charge on any atom is -0.378 e. The van der Waals surface area contributed by atoms with Gasteiger partial charge < -0.3 is 19.5 Å². The molecule has 0 unspecified atom stereocenters. The molecule has 7 nitrogen and oxygen atoms in total. The lowest BCUT2D eigenvalue weighted by Crippen LogP contribution is -2.42. The van der Waals surface area contributed by atoms with E-state index in [0.29, 0.717) is 45.7 Å². The number of morpholine rings is 1. The number of aromatic nitrogens is 2. The van der Waals surface area contributed by atoms with E-state index >= 15 is 0 Å². The number of imidazole rings is 1. The Balaban J connectivity index is 1.19. The number of benzene rings is 3. The molecule has 3 aromatic carbocycles. The van der Waals surface area contributed by atoms with E-state index in [0.717, 1.165) is 33.5 Å². The van der Waals surface area contributed by atoms with Crippen molar-refractivity contribution in [2.24, 2.45) is 0 Å². The fourth-order valence-corrected chi connectivity index (χ4v) is 4.55. The fourth-order valence-electron chi connectivity index (χ4n) is 4.55. The molecule has 2 amide bonds. The average molecular weight is 483 g/mol. The van der Waals surface area contributed by atoms with Gasteiger partial charge in [-0.2, -0.15) is 0 Å². The van der Waals surface area contributed by atoms with Crippen LogP contribution < -0.4 is 5.32 Å². The van der Waals surface area contributed by atoms with Crippen molar-refractivity contribution in [1.29, 1.82) is 0 Å². The van der Waals surface area contributed by atoms with Crippen LogP contribution in [0.2, 0.25) is 0 Å². The first kappa shape index (κ1) is 23.8. The van der Waals surface area contributed by atoms with Gasteiger partial charge in [-0.05, 0) is 28.8 Å². The van der Waals surface area contributed by atoms with Crippen molar-refractivity contribution in [1.82, 2.24) is 19.8 Å². The molecule has 36 heavy (non-hydrogen) atoms. The molecule has 4 aromatic rings. The van der Waals surface area contributed by atoms with Crippen LogP contribution in [0, 0.1) is 0 Å². The second kappa shape index (κ2) is 11.2. The van der Waals surface area contributed by atoms with Crippen LogP contribution in [0.5, 0.6) is 0 Å². The predicted molar refractivity (Wildman–Crippen MR) is 139 cm³/mol. The van der Waals surface area contributed by atoms with E-state index in [1.165, 1.54) is 0 Å². The summed E-state index contributed by atoms with van der Waals surface area (Å²) in [6.45, 7) is 3.06. The number of nitrogens with one attached hydrogen (secondary N) is 1. The second-order valence-electron chi connectivity index (χ2n) is 8.94. The molecule has 1 aromatic heterocycles. The Kier molecular flexibility index (Phi) is 7.38. The summed E-state index contributed by atoms with van der Waals surface area (Å²) in [6, 6.07) is 26.1. The number of carbonyl (C=O) groups excluding carboxylic acids is 2. The van der Waals surface area contributed by atoms with E-state index in [1.54, 1.807) is 0 Å². The highest BCUT2D eigenvalue weighted by atomic mass is 16.5. The van der Waals surface area contributed by atoms with Gasteiger partial charge in [0.1, 0.15) is 12.4 Å². The molecule has 0 bridgehead atoms. The summed E-state index contributed by atoms with van der Waals surface area (Å²) >= 11 is 0. The summed E-state index contributed by atoms with van der Waals surface area (Å²) in [5, 5.41) is 3.01. The number of amides is 2. The Morgan fingerprint density at radius 2 is 1.56 bits per heavy atom. The third-order valence-electron chi connectivity index (χ3n) is 6.49. The first-order chi connectivity index (χ1) is 17.7. The maximum atomic E-state index is 12.9. The molecule has 5 rings (SSSR count). The van der Waals surface area contributed by atoms with E-state index in [4.69, 9.17) is 9.72 Å². The Bertz CT molecular complexity index is 1330. The van der Waals surface area contributed by atoms with Crippen molar-refractivity contribution in [2.45, 2.75) is 19.4 Å². The second-order valence-corrected chi connectivity index (χ2v) is 8.94. The molecule has 0 radical (unpaired) electrons. The number of hydrogen-bond donors (Lipinski definition) is 1. The predicted octanol–water partition coefficient (Wildman–Crippen LogP) is 3.46. The minimum absolute atomic E-state index is 0.0329. The van der Waals surface area contributed by atoms with Gasteiger partial charge in [0.25, 0.3) is 0 Å². The standard InChI is InChI=1S/C29H30N4O3/c34-28(20-22-10-12-24(13-11-22)23-6-2-1-3-7-23)30-15-14-27-31-25-8-4-5-9-26(25)33(27)21-29(35)32-16-18-36-19-17-32/h1-13H,14-21H2,(H,30,34). The van der Waals surface area contributed by atoms with Crippen LogP contribution in [0.1, 0.15) is 11.4 Å². The van der Waals surface area contributed by atoms with Crippen LogP contribution in [0.25, 0.3) is 22.2 Å². The van der Waals surface area contributed by atoms with Crippen molar-refractivity contribution in [3.05, 3.63) is 90.3 Å². The molecule has 1 N–H and O–H groups in total. The van der Waals surface area contributed by atoms with Crippen LogP contribution >= 0.6 is 0 Å².